The van der Waals surface area contributed by atoms with Crippen LogP contribution in [-0.4, -0.2) is 19.8 Å². The van der Waals surface area contributed by atoms with E-state index in [1.807, 2.05) is 25.1 Å². The molecule has 0 saturated carbocycles. The number of benzene rings is 2. The Morgan fingerprint density at radius 2 is 1.89 bits per heavy atom. The quantitative estimate of drug-likeness (QED) is 0.715. The third-order valence-corrected chi connectivity index (χ3v) is 2.77. The highest BCUT2D eigenvalue weighted by atomic mass is 16.5. The molecule has 2 aromatic rings. The number of fused-ring (bicyclic) bond motifs is 1. The molecule has 0 N–H and O–H groups in total. The van der Waals surface area contributed by atoms with Gasteiger partial charge in [0.15, 0.2) is 0 Å². The minimum atomic E-state index is 0.584. The number of hydrogen-bond acceptors (Lipinski definition) is 2. The van der Waals surface area contributed by atoms with Gasteiger partial charge < -0.3 is 9.47 Å². The topological polar surface area (TPSA) is 18.5 Å². The molecule has 0 saturated heterocycles. The Balaban J connectivity index is 2.12. The summed E-state index contributed by atoms with van der Waals surface area (Å²) < 4.78 is 10.9. The molecule has 0 heterocycles. The summed E-state index contributed by atoms with van der Waals surface area (Å²) in [6.07, 6.45) is 1.85. The first kappa shape index (κ1) is 12.7. The summed E-state index contributed by atoms with van der Waals surface area (Å²) in [5.74, 6) is 0.878. The summed E-state index contributed by atoms with van der Waals surface area (Å²) in [5, 5.41) is 2.37. The van der Waals surface area contributed by atoms with Crippen molar-refractivity contribution in [1.29, 1.82) is 0 Å². The van der Waals surface area contributed by atoms with Crippen LogP contribution in [0, 0.1) is 0 Å². The van der Waals surface area contributed by atoms with Gasteiger partial charge in [0, 0.05) is 6.61 Å². The van der Waals surface area contributed by atoms with Gasteiger partial charge in [-0.15, -0.1) is 0 Å². The van der Waals surface area contributed by atoms with Gasteiger partial charge in [0.1, 0.15) is 12.4 Å². The molecule has 2 rings (SSSR count). The van der Waals surface area contributed by atoms with Gasteiger partial charge in [0.2, 0.25) is 0 Å². The fourth-order valence-electron chi connectivity index (χ4n) is 1.82. The van der Waals surface area contributed by atoms with Crippen molar-refractivity contribution in [2.24, 2.45) is 0 Å². The van der Waals surface area contributed by atoms with Crippen molar-refractivity contribution in [3.05, 3.63) is 48.5 Å². The Morgan fingerprint density at radius 3 is 2.67 bits per heavy atom. The van der Waals surface area contributed by atoms with E-state index in [0.29, 0.717) is 13.2 Å². The molecule has 0 spiro atoms. The summed E-state index contributed by atoms with van der Waals surface area (Å²) in [5.41, 5.74) is 1.12. The van der Waals surface area contributed by atoms with Crippen LogP contribution >= 0.6 is 0 Å². The van der Waals surface area contributed by atoms with Crippen LogP contribution in [0.3, 0.4) is 0 Å². The maximum absolute atomic E-state index is 5.64. The zero-order valence-electron chi connectivity index (χ0n) is 10.7. The van der Waals surface area contributed by atoms with Gasteiger partial charge in [-0.2, -0.15) is 0 Å². The largest absolute Gasteiger partial charge is 0.491 e. The molecule has 0 aromatic heterocycles. The van der Waals surface area contributed by atoms with E-state index in [2.05, 4.69) is 30.8 Å². The van der Waals surface area contributed by atoms with Crippen LogP contribution in [0.2, 0.25) is 0 Å². The van der Waals surface area contributed by atoms with E-state index in [9.17, 15) is 0 Å². The van der Waals surface area contributed by atoms with Gasteiger partial charge >= 0.3 is 0 Å². The second-order valence-corrected chi connectivity index (χ2v) is 4.02. The van der Waals surface area contributed by atoms with Crippen molar-refractivity contribution < 1.29 is 9.47 Å². The van der Waals surface area contributed by atoms with Crippen LogP contribution in [-0.2, 0) is 4.74 Å². The predicted molar refractivity (Wildman–Crippen MR) is 76.0 cm³/mol. The van der Waals surface area contributed by atoms with Crippen LogP contribution in [0.5, 0.6) is 5.75 Å². The van der Waals surface area contributed by atoms with Gasteiger partial charge in [0.25, 0.3) is 0 Å². The summed E-state index contributed by atoms with van der Waals surface area (Å²) in [7, 11) is 0. The summed E-state index contributed by atoms with van der Waals surface area (Å²) in [6.45, 7) is 7.70. The lowest BCUT2D eigenvalue weighted by molar-refractivity contribution is 0.110. The highest BCUT2D eigenvalue weighted by Gasteiger charge is 1.98. The fourth-order valence-corrected chi connectivity index (χ4v) is 1.82. The second-order valence-electron chi connectivity index (χ2n) is 4.02. The van der Waals surface area contributed by atoms with Crippen LogP contribution in [0.15, 0.2) is 43.0 Å². The maximum Gasteiger partial charge on any atom is 0.120 e. The van der Waals surface area contributed by atoms with Crippen molar-refractivity contribution in [2.45, 2.75) is 6.92 Å². The van der Waals surface area contributed by atoms with Crippen LogP contribution in [0.4, 0.5) is 0 Å². The monoisotopic (exact) mass is 242 g/mol. The van der Waals surface area contributed by atoms with Gasteiger partial charge in [-0.25, -0.2) is 0 Å². The molecule has 18 heavy (non-hydrogen) atoms. The lowest BCUT2D eigenvalue weighted by Gasteiger charge is -2.07. The van der Waals surface area contributed by atoms with Crippen molar-refractivity contribution in [1.82, 2.24) is 0 Å². The molecule has 2 heteroatoms. The summed E-state index contributed by atoms with van der Waals surface area (Å²) in [6, 6.07) is 12.4. The highest BCUT2D eigenvalue weighted by molar-refractivity contribution is 5.85. The Morgan fingerprint density at radius 1 is 1.06 bits per heavy atom. The van der Waals surface area contributed by atoms with E-state index in [-0.39, 0.29) is 0 Å². The average molecular weight is 242 g/mol. The lowest BCUT2D eigenvalue weighted by Crippen LogP contribution is -2.06. The Bertz CT molecular complexity index is 532. The zero-order valence-corrected chi connectivity index (χ0v) is 10.7. The van der Waals surface area contributed by atoms with E-state index < -0.39 is 0 Å². The number of hydrogen-bond donors (Lipinski definition) is 0. The third-order valence-electron chi connectivity index (χ3n) is 2.77. The number of rotatable bonds is 6. The van der Waals surface area contributed by atoms with E-state index in [4.69, 9.17) is 9.47 Å². The molecule has 2 nitrogen and oxygen atoms in total. The van der Waals surface area contributed by atoms with E-state index in [0.717, 1.165) is 17.9 Å². The summed E-state index contributed by atoms with van der Waals surface area (Å²) >= 11 is 0. The Labute approximate surface area is 108 Å². The Kier molecular flexibility index (Phi) is 4.37. The zero-order chi connectivity index (χ0) is 12.8. The van der Waals surface area contributed by atoms with Crippen molar-refractivity contribution in [3.63, 3.8) is 0 Å². The van der Waals surface area contributed by atoms with Crippen LogP contribution in [0.25, 0.3) is 16.8 Å². The standard InChI is InChI=1S/C16H18O2/c1-3-13-5-6-14-7-8-16(12-15(14)11-13)18-10-9-17-4-2/h3,5-8,11-12H,1,4,9-10H2,2H3. The van der Waals surface area contributed by atoms with Crippen molar-refractivity contribution in [3.8, 4) is 5.75 Å². The summed E-state index contributed by atoms with van der Waals surface area (Å²) in [4.78, 5) is 0. The predicted octanol–water partition coefficient (Wildman–Crippen LogP) is 3.90. The molecule has 0 fully saturated rings. The van der Waals surface area contributed by atoms with Gasteiger partial charge in [-0.1, -0.05) is 30.9 Å². The molecule has 2 aromatic carbocycles. The first-order valence-corrected chi connectivity index (χ1v) is 6.20. The van der Waals surface area contributed by atoms with Gasteiger partial charge in [-0.05, 0) is 41.5 Å². The molecule has 0 amide bonds. The smallest absolute Gasteiger partial charge is 0.120 e. The van der Waals surface area contributed by atoms with Gasteiger partial charge in [0.05, 0.1) is 6.61 Å². The molecule has 94 valence electrons. The van der Waals surface area contributed by atoms with E-state index in [1.165, 1.54) is 10.8 Å². The molecule has 0 aliphatic carbocycles. The van der Waals surface area contributed by atoms with Crippen molar-refractivity contribution >= 4 is 16.8 Å². The SMILES string of the molecule is C=Cc1ccc2ccc(OCCOCC)cc2c1. The average Bonchev–Trinajstić information content (AvgIpc) is 2.42. The lowest BCUT2D eigenvalue weighted by atomic mass is 10.1. The second kappa shape index (κ2) is 6.22. The number of ether oxygens (including phenoxy) is 2. The van der Waals surface area contributed by atoms with Crippen LogP contribution in [0.1, 0.15) is 12.5 Å². The molecule has 0 atom stereocenters. The molecule has 0 aliphatic heterocycles. The maximum atomic E-state index is 5.64. The third kappa shape index (κ3) is 3.11. The first-order chi connectivity index (χ1) is 8.83. The minimum Gasteiger partial charge on any atom is -0.491 e. The molecule has 0 radical (unpaired) electrons. The fraction of sp³-hybridized carbons (Fsp3) is 0.250. The molecule has 0 unspecified atom stereocenters. The van der Waals surface area contributed by atoms with E-state index >= 15 is 0 Å². The first-order valence-electron chi connectivity index (χ1n) is 6.20. The van der Waals surface area contributed by atoms with E-state index in [1.54, 1.807) is 0 Å². The Hall–Kier alpha value is -1.80. The minimum absolute atomic E-state index is 0.584. The van der Waals surface area contributed by atoms with Crippen molar-refractivity contribution in [2.75, 3.05) is 19.8 Å². The molecule has 0 aliphatic rings. The van der Waals surface area contributed by atoms with Gasteiger partial charge in [-0.3, -0.25) is 0 Å². The normalized spacial score (nSPS) is 10.5. The molecule has 0 bridgehead atoms. The molecular weight excluding hydrogens is 224 g/mol. The highest BCUT2D eigenvalue weighted by Crippen LogP contribution is 2.22. The molecular formula is C16H18O2. The van der Waals surface area contributed by atoms with Crippen LogP contribution < -0.4 is 4.74 Å².